The highest BCUT2D eigenvalue weighted by atomic mass is 79.9. The number of benzene rings is 1. The van der Waals surface area contributed by atoms with Crippen LogP contribution in [0.1, 0.15) is 36.8 Å². The van der Waals surface area contributed by atoms with Crippen molar-refractivity contribution in [3.63, 3.8) is 0 Å². The molecule has 1 aliphatic carbocycles. The molecule has 3 nitrogen and oxygen atoms in total. The third-order valence-electron chi connectivity index (χ3n) is 4.74. The monoisotopic (exact) mass is 403 g/mol. The fourth-order valence-electron chi connectivity index (χ4n) is 3.44. The molecule has 2 aromatic rings. The first-order valence-corrected chi connectivity index (χ1v) is 9.52. The Labute approximate surface area is 157 Å². The molecule has 1 fully saturated rings. The fourth-order valence-corrected chi connectivity index (χ4v) is 4.17. The van der Waals surface area contributed by atoms with Crippen molar-refractivity contribution in [2.75, 3.05) is 11.9 Å². The van der Waals surface area contributed by atoms with Gasteiger partial charge in [0.25, 0.3) is 0 Å². The third kappa shape index (κ3) is 3.95. The molecular weight excluding hydrogens is 382 g/mol. The second-order valence-corrected chi connectivity index (χ2v) is 7.77. The number of aryl methyl sites for hydroxylation is 1. The van der Waals surface area contributed by atoms with E-state index in [-0.39, 0.29) is 5.41 Å². The first kappa shape index (κ1) is 17.4. The van der Waals surface area contributed by atoms with Crippen LogP contribution in [0.25, 0.3) is 0 Å². The Kier molecular flexibility index (Phi) is 5.51. The number of pyridine rings is 1. The predicted octanol–water partition coefficient (Wildman–Crippen LogP) is 4.95. The molecule has 0 saturated heterocycles. The quantitative estimate of drug-likeness (QED) is 0.707. The maximum atomic E-state index is 5.48. The van der Waals surface area contributed by atoms with Crippen LogP contribution in [-0.4, -0.2) is 16.6 Å². The Morgan fingerprint density at radius 2 is 1.96 bits per heavy atom. The van der Waals surface area contributed by atoms with Crippen molar-refractivity contribution in [3.8, 4) is 0 Å². The summed E-state index contributed by atoms with van der Waals surface area (Å²) < 4.78 is 0.922. The van der Waals surface area contributed by atoms with Crippen LogP contribution in [-0.2, 0) is 5.41 Å². The molecule has 1 aromatic heterocycles. The first-order valence-electron chi connectivity index (χ1n) is 8.32. The van der Waals surface area contributed by atoms with Gasteiger partial charge in [-0.05, 0) is 65.1 Å². The van der Waals surface area contributed by atoms with E-state index in [1.54, 1.807) is 0 Å². The Hall–Kier alpha value is -1.46. The van der Waals surface area contributed by atoms with E-state index in [2.05, 4.69) is 61.9 Å². The lowest BCUT2D eigenvalue weighted by molar-refractivity contribution is 0.435. The van der Waals surface area contributed by atoms with Gasteiger partial charge in [0.1, 0.15) is 5.82 Å². The molecule has 0 atom stereocenters. The standard InChI is InChI=1S/C19H22BrN3S/c1-14-11-16(20)17(21-12-14)23-18(24)22-13-19(9-5-6-10-19)15-7-3-2-4-8-15/h2-4,7-8,11-12H,5-6,9-10,13H2,1H3,(H2,21,22,23,24). The van der Waals surface area contributed by atoms with Crippen LogP contribution >= 0.6 is 28.1 Å². The average Bonchev–Trinajstić information content (AvgIpc) is 3.07. The van der Waals surface area contributed by atoms with Crippen molar-refractivity contribution >= 4 is 39.1 Å². The summed E-state index contributed by atoms with van der Waals surface area (Å²) in [4.78, 5) is 4.39. The molecule has 1 heterocycles. The van der Waals surface area contributed by atoms with Gasteiger partial charge in [-0.1, -0.05) is 43.2 Å². The second kappa shape index (κ2) is 7.62. The summed E-state index contributed by atoms with van der Waals surface area (Å²) in [5.41, 5.74) is 2.71. The van der Waals surface area contributed by atoms with E-state index < -0.39 is 0 Å². The normalized spacial score (nSPS) is 15.9. The minimum atomic E-state index is 0.185. The number of hydrogen-bond acceptors (Lipinski definition) is 2. The van der Waals surface area contributed by atoms with Gasteiger partial charge < -0.3 is 10.6 Å². The summed E-state index contributed by atoms with van der Waals surface area (Å²) in [6.45, 7) is 2.87. The first-order chi connectivity index (χ1) is 11.6. The maximum absolute atomic E-state index is 5.48. The lowest BCUT2D eigenvalue weighted by Crippen LogP contribution is -2.40. The smallest absolute Gasteiger partial charge is 0.172 e. The van der Waals surface area contributed by atoms with Crippen LogP contribution in [0.15, 0.2) is 47.1 Å². The number of rotatable bonds is 4. The molecule has 3 rings (SSSR count). The van der Waals surface area contributed by atoms with E-state index in [4.69, 9.17) is 12.2 Å². The van der Waals surface area contributed by atoms with E-state index in [1.807, 2.05) is 19.2 Å². The van der Waals surface area contributed by atoms with Gasteiger partial charge in [-0.25, -0.2) is 4.98 Å². The fraction of sp³-hybridized carbons (Fsp3) is 0.368. The van der Waals surface area contributed by atoms with Gasteiger partial charge in [-0.2, -0.15) is 0 Å². The van der Waals surface area contributed by atoms with E-state index >= 15 is 0 Å². The topological polar surface area (TPSA) is 37.0 Å². The highest BCUT2D eigenvalue weighted by molar-refractivity contribution is 9.10. The van der Waals surface area contributed by atoms with Crippen molar-refractivity contribution in [2.24, 2.45) is 0 Å². The largest absolute Gasteiger partial charge is 0.362 e. The van der Waals surface area contributed by atoms with Crippen LogP contribution < -0.4 is 10.6 Å². The Morgan fingerprint density at radius 3 is 2.62 bits per heavy atom. The summed E-state index contributed by atoms with van der Waals surface area (Å²) >= 11 is 9.01. The zero-order valence-electron chi connectivity index (χ0n) is 13.8. The van der Waals surface area contributed by atoms with Crippen LogP contribution in [0.2, 0.25) is 0 Å². The number of nitrogens with one attached hydrogen (secondary N) is 2. The van der Waals surface area contributed by atoms with Crippen molar-refractivity contribution < 1.29 is 0 Å². The second-order valence-electron chi connectivity index (χ2n) is 6.50. The summed E-state index contributed by atoms with van der Waals surface area (Å²) in [5, 5.41) is 7.23. The number of halogens is 1. The van der Waals surface area contributed by atoms with Crippen LogP contribution in [0.3, 0.4) is 0 Å². The summed E-state index contributed by atoms with van der Waals surface area (Å²) in [7, 11) is 0. The molecule has 1 saturated carbocycles. The lowest BCUT2D eigenvalue weighted by Gasteiger charge is -2.30. The molecule has 1 aliphatic rings. The highest BCUT2D eigenvalue weighted by Gasteiger charge is 2.35. The molecule has 0 aliphatic heterocycles. The average molecular weight is 404 g/mol. The molecule has 0 amide bonds. The predicted molar refractivity (Wildman–Crippen MR) is 107 cm³/mol. The minimum Gasteiger partial charge on any atom is -0.362 e. The number of nitrogens with zero attached hydrogens (tertiary/aromatic N) is 1. The molecule has 126 valence electrons. The van der Waals surface area contributed by atoms with Crippen LogP contribution in [0, 0.1) is 6.92 Å². The summed E-state index contributed by atoms with van der Waals surface area (Å²) in [6, 6.07) is 12.8. The van der Waals surface area contributed by atoms with Gasteiger partial charge in [-0.15, -0.1) is 0 Å². The highest BCUT2D eigenvalue weighted by Crippen LogP contribution is 2.40. The van der Waals surface area contributed by atoms with Crippen molar-refractivity contribution in [3.05, 3.63) is 58.2 Å². The minimum absolute atomic E-state index is 0.185. The SMILES string of the molecule is Cc1cnc(NC(=S)NCC2(c3ccccc3)CCCC2)c(Br)c1. The zero-order chi connectivity index (χ0) is 17.0. The summed E-state index contributed by atoms with van der Waals surface area (Å²) in [5.74, 6) is 0.748. The number of anilines is 1. The molecule has 0 spiro atoms. The maximum Gasteiger partial charge on any atom is 0.172 e. The van der Waals surface area contributed by atoms with Crippen molar-refractivity contribution in [1.82, 2.24) is 10.3 Å². The molecule has 2 N–H and O–H groups in total. The van der Waals surface area contributed by atoms with Gasteiger partial charge >= 0.3 is 0 Å². The van der Waals surface area contributed by atoms with Crippen molar-refractivity contribution in [2.45, 2.75) is 38.0 Å². The van der Waals surface area contributed by atoms with E-state index in [0.717, 1.165) is 22.4 Å². The Morgan fingerprint density at radius 1 is 1.25 bits per heavy atom. The molecule has 1 aromatic carbocycles. The van der Waals surface area contributed by atoms with E-state index in [0.29, 0.717) is 5.11 Å². The molecule has 24 heavy (non-hydrogen) atoms. The van der Waals surface area contributed by atoms with Gasteiger partial charge in [0.2, 0.25) is 0 Å². The number of hydrogen-bond donors (Lipinski definition) is 2. The Balaban J connectivity index is 1.66. The summed E-state index contributed by atoms with van der Waals surface area (Å²) in [6.07, 6.45) is 6.81. The molecule has 0 unspecified atom stereocenters. The van der Waals surface area contributed by atoms with Crippen LogP contribution in [0.5, 0.6) is 0 Å². The van der Waals surface area contributed by atoms with Gasteiger partial charge in [0.05, 0.1) is 4.47 Å². The number of thiocarbonyl (C=S) groups is 1. The van der Waals surface area contributed by atoms with Gasteiger partial charge in [0.15, 0.2) is 5.11 Å². The zero-order valence-corrected chi connectivity index (χ0v) is 16.2. The van der Waals surface area contributed by atoms with Gasteiger partial charge in [-0.3, -0.25) is 0 Å². The van der Waals surface area contributed by atoms with E-state index in [9.17, 15) is 0 Å². The molecule has 0 bridgehead atoms. The third-order valence-corrected chi connectivity index (χ3v) is 5.59. The molecular formula is C19H22BrN3S. The Bertz CT molecular complexity index is 712. The van der Waals surface area contributed by atoms with E-state index in [1.165, 1.54) is 31.2 Å². The lowest BCUT2D eigenvalue weighted by atomic mass is 9.79. The number of aromatic nitrogens is 1. The van der Waals surface area contributed by atoms with Gasteiger partial charge in [0, 0.05) is 18.2 Å². The van der Waals surface area contributed by atoms with Crippen LogP contribution in [0.4, 0.5) is 5.82 Å². The molecule has 5 heteroatoms. The van der Waals surface area contributed by atoms with Crippen molar-refractivity contribution in [1.29, 1.82) is 0 Å². The molecule has 0 radical (unpaired) electrons.